The molecule has 0 saturated heterocycles. The number of likely N-dealkylation sites (N-methyl/N-ethyl adjacent to an activating group) is 1. The SMILES string of the molecule is CCCCC/C=C\C/C=C\C/C=C\CCCCCCCCCCCCC(=O)NC(COP(=O)([O-])OCC[N+](C)(C)C)C(/C=C/CCCCCCCCCCCC)OC(=O)CCCCCCCCCCCCC/C=C\C/C=C\CCCCC. The van der Waals surface area contributed by atoms with Crippen LogP contribution in [0, 0.1) is 0 Å². The predicted molar refractivity (Wildman–Crippen MR) is 353 cm³/mol. The van der Waals surface area contributed by atoms with Gasteiger partial charge in [0.2, 0.25) is 5.91 Å². The van der Waals surface area contributed by atoms with Crippen LogP contribution in [0.4, 0.5) is 0 Å². The summed E-state index contributed by atoms with van der Waals surface area (Å²) in [5.74, 6) is -0.540. The Balaban J connectivity index is 5.11. The summed E-state index contributed by atoms with van der Waals surface area (Å²) in [4.78, 5) is 40.2. The molecular weight excluding hydrogens is 1040 g/mol. The Kier molecular flexibility index (Phi) is 59.6. The van der Waals surface area contributed by atoms with E-state index in [1.54, 1.807) is 0 Å². The number of quaternary nitrogens is 1. The fraction of sp³-hybridized carbons (Fsp3) is 0.806. The van der Waals surface area contributed by atoms with Crippen molar-refractivity contribution in [2.24, 2.45) is 0 Å². The third-order valence-corrected chi connectivity index (χ3v) is 16.3. The number of hydrogen-bond acceptors (Lipinski definition) is 7. The van der Waals surface area contributed by atoms with Gasteiger partial charge < -0.3 is 28.5 Å². The van der Waals surface area contributed by atoms with E-state index in [4.69, 9.17) is 13.8 Å². The van der Waals surface area contributed by atoms with Gasteiger partial charge in [-0.1, -0.05) is 280 Å². The van der Waals surface area contributed by atoms with Gasteiger partial charge in [-0.2, -0.15) is 0 Å². The molecule has 0 rings (SSSR count). The van der Waals surface area contributed by atoms with E-state index in [1.165, 1.54) is 199 Å². The molecule has 9 nitrogen and oxygen atoms in total. The molecule has 0 bridgehead atoms. The molecule has 0 aromatic carbocycles. The number of amides is 1. The maximum absolute atomic E-state index is 13.6. The topological polar surface area (TPSA) is 114 Å². The predicted octanol–water partition coefficient (Wildman–Crippen LogP) is 21.3. The number of hydrogen-bond donors (Lipinski definition) is 1. The number of phosphoric ester groups is 1. The molecule has 1 amide bonds. The van der Waals surface area contributed by atoms with Crippen LogP contribution in [0.5, 0.6) is 0 Å². The molecule has 0 aliphatic carbocycles. The molecule has 0 aromatic heterocycles. The Morgan fingerprint density at radius 3 is 1.13 bits per heavy atom. The van der Waals surface area contributed by atoms with E-state index in [0.717, 1.165) is 89.9 Å². The largest absolute Gasteiger partial charge is 0.756 e. The van der Waals surface area contributed by atoms with Gasteiger partial charge >= 0.3 is 5.97 Å². The number of carbonyl (C=O) groups excluding carboxylic acids is 2. The number of esters is 1. The van der Waals surface area contributed by atoms with Crippen LogP contribution in [0.25, 0.3) is 0 Å². The second kappa shape index (κ2) is 61.5. The monoisotopic (exact) mass is 1170 g/mol. The molecule has 0 aromatic rings. The molecular formula is C72H133N2O7P. The molecule has 0 radical (unpaired) electrons. The van der Waals surface area contributed by atoms with Crippen LogP contribution in [0.3, 0.4) is 0 Å². The van der Waals surface area contributed by atoms with Crippen molar-refractivity contribution in [3.8, 4) is 0 Å². The Hall–Kier alpha value is -2.55. The van der Waals surface area contributed by atoms with Crippen molar-refractivity contribution in [3.05, 3.63) is 72.9 Å². The normalized spacial score (nSPS) is 14.0. The maximum atomic E-state index is 13.6. The molecule has 478 valence electrons. The van der Waals surface area contributed by atoms with E-state index >= 15 is 0 Å². The van der Waals surface area contributed by atoms with Crippen LogP contribution < -0.4 is 10.2 Å². The molecule has 1 N–H and O–H groups in total. The van der Waals surface area contributed by atoms with Crippen molar-refractivity contribution in [2.75, 3.05) is 40.9 Å². The van der Waals surface area contributed by atoms with E-state index < -0.39 is 26.6 Å². The lowest BCUT2D eigenvalue weighted by Crippen LogP contribution is -2.47. The minimum absolute atomic E-state index is 0.0247. The van der Waals surface area contributed by atoms with Gasteiger partial charge in [0.1, 0.15) is 19.3 Å². The Morgan fingerprint density at radius 2 is 0.744 bits per heavy atom. The molecule has 0 aliphatic heterocycles. The molecule has 82 heavy (non-hydrogen) atoms. The quantitative estimate of drug-likeness (QED) is 0.0212. The van der Waals surface area contributed by atoms with Crippen molar-refractivity contribution in [1.82, 2.24) is 5.32 Å². The lowest BCUT2D eigenvalue weighted by Gasteiger charge is -2.30. The highest BCUT2D eigenvalue weighted by Crippen LogP contribution is 2.38. The first-order valence-corrected chi connectivity index (χ1v) is 36.2. The van der Waals surface area contributed by atoms with Crippen LogP contribution in [0.1, 0.15) is 323 Å². The maximum Gasteiger partial charge on any atom is 0.306 e. The van der Waals surface area contributed by atoms with Gasteiger partial charge in [0.15, 0.2) is 0 Å². The highest BCUT2D eigenvalue weighted by Gasteiger charge is 2.27. The molecule has 0 heterocycles. The zero-order valence-corrected chi connectivity index (χ0v) is 55.6. The minimum Gasteiger partial charge on any atom is -0.756 e. The Labute approximate surface area is 508 Å². The van der Waals surface area contributed by atoms with E-state index in [9.17, 15) is 19.0 Å². The van der Waals surface area contributed by atoms with Crippen LogP contribution >= 0.6 is 7.82 Å². The second-order valence-corrected chi connectivity index (χ2v) is 26.1. The zero-order chi connectivity index (χ0) is 60.0. The third-order valence-electron chi connectivity index (χ3n) is 15.4. The van der Waals surface area contributed by atoms with E-state index in [1.807, 2.05) is 33.3 Å². The van der Waals surface area contributed by atoms with Crippen molar-refractivity contribution >= 4 is 19.7 Å². The van der Waals surface area contributed by atoms with E-state index in [2.05, 4.69) is 86.8 Å². The first-order valence-electron chi connectivity index (χ1n) is 34.7. The number of nitrogens with one attached hydrogen (secondary N) is 1. The molecule has 0 saturated carbocycles. The number of allylic oxidation sites excluding steroid dienone is 11. The smallest absolute Gasteiger partial charge is 0.306 e. The fourth-order valence-corrected chi connectivity index (χ4v) is 10.7. The molecule has 3 atom stereocenters. The lowest BCUT2D eigenvalue weighted by atomic mass is 10.0. The summed E-state index contributed by atoms with van der Waals surface area (Å²) < 4.78 is 30.4. The van der Waals surface area contributed by atoms with E-state index in [-0.39, 0.29) is 24.9 Å². The van der Waals surface area contributed by atoms with Crippen molar-refractivity contribution in [1.29, 1.82) is 0 Å². The van der Waals surface area contributed by atoms with Gasteiger partial charge in [-0.3, -0.25) is 14.2 Å². The van der Waals surface area contributed by atoms with Gasteiger partial charge in [0, 0.05) is 12.8 Å². The summed E-state index contributed by atoms with van der Waals surface area (Å²) in [6.45, 7) is 6.82. The number of carbonyl (C=O) groups is 2. The lowest BCUT2D eigenvalue weighted by molar-refractivity contribution is -0.870. The molecule has 0 fully saturated rings. The summed E-state index contributed by atoms with van der Waals surface area (Å²) in [5.41, 5.74) is 0. The van der Waals surface area contributed by atoms with Crippen LogP contribution in [0.15, 0.2) is 72.9 Å². The fourth-order valence-electron chi connectivity index (χ4n) is 9.97. The number of ether oxygens (including phenoxy) is 1. The summed E-state index contributed by atoms with van der Waals surface area (Å²) in [5, 5.41) is 3.04. The molecule has 3 unspecified atom stereocenters. The summed E-state index contributed by atoms with van der Waals surface area (Å²) in [7, 11) is 1.18. The second-order valence-electron chi connectivity index (χ2n) is 24.7. The zero-order valence-electron chi connectivity index (χ0n) is 54.7. The molecule has 0 spiro atoms. The van der Waals surface area contributed by atoms with Crippen molar-refractivity contribution < 1.29 is 37.3 Å². The first kappa shape index (κ1) is 79.5. The summed E-state index contributed by atoms with van der Waals surface area (Å²) in [6.07, 6.45) is 80.1. The number of rotatable bonds is 63. The average Bonchev–Trinajstić information content (AvgIpc) is 3.47. The number of unbranched alkanes of at least 4 members (excludes halogenated alkanes) is 37. The van der Waals surface area contributed by atoms with Gasteiger partial charge in [-0.25, -0.2) is 0 Å². The Bertz CT molecular complexity index is 1630. The molecule has 10 heteroatoms. The average molecular weight is 1170 g/mol. The van der Waals surface area contributed by atoms with Crippen LogP contribution in [-0.2, 0) is 27.9 Å². The standard InChI is InChI=1S/C72H133N2O7P/c1-7-10-13-16-19-22-25-28-30-32-34-36-37-39-40-42-44-46-49-52-55-58-61-64-71(75)73-69(68-80-82(77,78)79-67-66-74(4,5)6)70(63-60-57-54-51-48-27-24-21-18-15-12-9-3)81-72(76)65-62-59-56-53-50-47-45-43-41-38-35-33-31-29-26-23-20-17-14-11-8-2/h19-20,22-23,28-31,34,36,60,63,69-70H,7-18,21,24-27,32-33,35,37-59,61-62,64-68H2,1-6H3,(H-,73,75,77,78)/b22-19-,23-20-,30-28-,31-29-,36-34-,63-60+. The van der Waals surface area contributed by atoms with Gasteiger partial charge in [0.25, 0.3) is 7.82 Å². The highest BCUT2D eigenvalue weighted by molar-refractivity contribution is 7.45. The summed E-state index contributed by atoms with van der Waals surface area (Å²) >= 11 is 0. The van der Waals surface area contributed by atoms with Crippen molar-refractivity contribution in [3.63, 3.8) is 0 Å². The van der Waals surface area contributed by atoms with Gasteiger partial charge in [0.05, 0.1) is 33.8 Å². The van der Waals surface area contributed by atoms with Gasteiger partial charge in [-0.05, 0) is 102 Å². The van der Waals surface area contributed by atoms with Crippen LogP contribution in [-0.4, -0.2) is 69.4 Å². The Morgan fingerprint density at radius 1 is 0.427 bits per heavy atom. The molecule has 0 aliphatic rings. The number of nitrogens with zero attached hydrogens (tertiary/aromatic N) is 1. The highest BCUT2D eigenvalue weighted by atomic mass is 31.2. The van der Waals surface area contributed by atoms with Crippen molar-refractivity contribution in [2.45, 2.75) is 335 Å². The van der Waals surface area contributed by atoms with Crippen LogP contribution in [0.2, 0.25) is 0 Å². The summed E-state index contributed by atoms with van der Waals surface area (Å²) in [6, 6.07) is -0.894. The first-order chi connectivity index (χ1) is 39.9. The number of phosphoric acid groups is 1. The third kappa shape index (κ3) is 62.0. The van der Waals surface area contributed by atoms with E-state index in [0.29, 0.717) is 17.4 Å². The minimum atomic E-state index is -4.71. The van der Waals surface area contributed by atoms with Gasteiger partial charge in [-0.15, -0.1) is 0 Å².